The van der Waals surface area contributed by atoms with Crippen LogP contribution < -0.4 is 0 Å². The first-order valence-corrected chi connectivity index (χ1v) is 18.2. The molecule has 0 aliphatic rings. The summed E-state index contributed by atoms with van der Waals surface area (Å²) in [6.07, 6.45) is 0. The third-order valence-electron chi connectivity index (χ3n) is 10.3. The molecule has 0 amide bonds. The lowest BCUT2D eigenvalue weighted by atomic mass is 9.86. The van der Waals surface area contributed by atoms with Crippen LogP contribution in [-0.4, -0.2) is 44.3 Å². The Hall–Kier alpha value is -8.10. The van der Waals surface area contributed by atoms with Crippen LogP contribution in [0.15, 0.2) is 170 Å². The minimum absolute atomic E-state index is 0.104. The standard InChI is InChI=1S/C50H32O8/c51-47(52)31-15-11-29(12-16-31)33-5-3-7-35(25-33)37-19-21-43(49(55)56)45(27-37)41-23-24-42(40-10-2-1-9-39(40)41)46-28-38(20-22-44(46)50(57)58)36-8-4-6-34(26-36)30-13-17-32(18-14-30)48(53)54/h1-28H,(H,51,52)(H,53,54)(H,55,56)(H,57,58). The molecule has 0 atom stereocenters. The molecule has 0 heterocycles. The molecular formula is C50H32O8. The predicted octanol–water partition coefficient (Wildman–Crippen LogP) is 11.6. The maximum atomic E-state index is 12.7. The third kappa shape index (κ3) is 7.09. The van der Waals surface area contributed by atoms with Crippen molar-refractivity contribution in [1.82, 2.24) is 0 Å². The molecular weight excluding hydrogens is 729 g/mol. The molecule has 8 rings (SSSR count). The molecule has 0 radical (unpaired) electrons. The number of carbonyl (C=O) groups is 4. The van der Waals surface area contributed by atoms with Crippen molar-refractivity contribution in [2.75, 3.05) is 0 Å². The smallest absolute Gasteiger partial charge is 0.336 e. The van der Waals surface area contributed by atoms with Gasteiger partial charge in [0.05, 0.1) is 22.3 Å². The highest BCUT2D eigenvalue weighted by Crippen LogP contribution is 2.41. The minimum atomic E-state index is -1.09. The van der Waals surface area contributed by atoms with Crippen LogP contribution in [0.4, 0.5) is 0 Å². The molecule has 280 valence electrons. The van der Waals surface area contributed by atoms with E-state index in [-0.39, 0.29) is 22.3 Å². The number of benzene rings is 8. The fraction of sp³-hybridized carbons (Fsp3) is 0. The summed E-state index contributed by atoms with van der Waals surface area (Å²) in [5.74, 6) is -4.20. The normalized spacial score (nSPS) is 11.0. The highest BCUT2D eigenvalue weighted by atomic mass is 16.4. The van der Waals surface area contributed by atoms with E-state index in [0.717, 1.165) is 55.3 Å². The van der Waals surface area contributed by atoms with Crippen molar-refractivity contribution in [1.29, 1.82) is 0 Å². The van der Waals surface area contributed by atoms with Gasteiger partial charge in [-0.2, -0.15) is 0 Å². The van der Waals surface area contributed by atoms with E-state index in [2.05, 4.69) is 0 Å². The number of fused-ring (bicyclic) bond motifs is 1. The summed E-state index contributed by atoms with van der Waals surface area (Å²) in [6, 6.07) is 50.3. The van der Waals surface area contributed by atoms with E-state index in [1.807, 2.05) is 97.1 Å². The molecule has 0 aliphatic heterocycles. The Kier molecular flexibility index (Phi) is 9.66. The first kappa shape index (κ1) is 36.9. The third-order valence-corrected chi connectivity index (χ3v) is 10.3. The largest absolute Gasteiger partial charge is 0.478 e. The van der Waals surface area contributed by atoms with Crippen LogP contribution in [0, 0.1) is 0 Å². The highest BCUT2D eigenvalue weighted by molar-refractivity contribution is 6.11. The summed E-state index contributed by atoms with van der Waals surface area (Å²) >= 11 is 0. The zero-order valence-electron chi connectivity index (χ0n) is 30.6. The molecule has 0 aliphatic carbocycles. The maximum Gasteiger partial charge on any atom is 0.336 e. The van der Waals surface area contributed by atoms with Crippen LogP contribution in [0.25, 0.3) is 77.5 Å². The van der Waals surface area contributed by atoms with Crippen LogP contribution in [0.3, 0.4) is 0 Å². The van der Waals surface area contributed by atoms with Crippen molar-refractivity contribution in [2.45, 2.75) is 0 Å². The molecule has 58 heavy (non-hydrogen) atoms. The van der Waals surface area contributed by atoms with Crippen LogP contribution in [-0.2, 0) is 0 Å². The van der Waals surface area contributed by atoms with E-state index >= 15 is 0 Å². The van der Waals surface area contributed by atoms with Crippen LogP contribution in [0.1, 0.15) is 41.4 Å². The predicted molar refractivity (Wildman–Crippen MR) is 224 cm³/mol. The molecule has 0 fully saturated rings. The topological polar surface area (TPSA) is 149 Å². The van der Waals surface area contributed by atoms with Crippen molar-refractivity contribution in [3.05, 3.63) is 192 Å². The summed E-state index contributed by atoms with van der Waals surface area (Å²) < 4.78 is 0. The number of hydrogen-bond acceptors (Lipinski definition) is 4. The average molecular weight is 761 g/mol. The Morgan fingerprint density at radius 2 is 0.603 bits per heavy atom. The van der Waals surface area contributed by atoms with Gasteiger partial charge in [0.2, 0.25) is 0 Å². The van der Waals surface area contributed by atoms with E-state index in [4.69, 9.17) is 0 Å². The molecule has 0 saturated heterocycles. The van der Waals surface area contributed by atoms with Gasteiger partial charge in [-0.3, -0.25) is 0 Å². The lowest BCUT2D eigenvalue weighted by Gasteiger charge is -2.17. The quantitative estimate of drug-likeness (QED) is 0.108. The van der Waals surface area contributed by atoms with Crippen molar-refractivity contribution in [2.24, 2.45) is 0 Å². The first-order valence-electron chi connectivity index (χ1n) is 18.2. The number of rotatable bonds is 10. The van der Waals surface area contributed by atoms with Crippen LogP contribution in [0.5, 0.6) is 0 Å². The number of aromatic carboxylic acids is 4. The fourth-order valence-corrected chi connectivity index (χ4v) is 7.40. The fourth-order valence-electron chi connectivity index (χ4n) is 7.40. The van der Waals surface area contributed by atoms with Gasteiger partial charge >= 0.3 is 23.9 Å². The van der Waals surface area contributed by atoms with Gasteiger partial charge in [-0.15, -0.1) is 0 Å². The van der Waals surface area contributed by atoms with Gasteiger partial charge in [0, 0.05) is 0 Å². The lowest BCUT2D eigenvalue weighted by Crippen LogP contribution is -2.02. The summed E-state index contributed by atoms with van der Waals surface area (Å²) in [6.45, 7) is 0. The first-order chi connectivity index (χ1) is 28.0. The van der Waals surface area contributed by atoms with Crippen LogP contribution >= 0.6 is 0 Å². The average Bonchev–Trinajstić information content (AvgIpc) is 3.25. The Morgan fingerprint density at radius 3 is 0.948 bits per heavy atom. The molecule has 0 unspecified atom stereocenters. The van der Waals surface area contributed by atoms with E-state index in [1.54, 1.807) is 72.8 Å². The summed E-state index contributed by atoms with van der Waals surface area (Å²) in [4.78, 5) is 48.2. The van der Waals surface area contributed by atoms with Gasteiger partial charge in [0.15, 0.2) is 0 Å². The zero-order chi connectivity index (χ0) is 40.5. The van der Waals surface area contributed by atoms with Crippen molar-refractivity contribution < 1.29 is 39.6 Å². The van der Waals surface area contributed by atoms with E-state index in [1.165, 1.54) is 0 Å². The van der Waals surface area contributed by atoms with Gasteiger partial charge in [-0.05, 0) is 138 Å². The molecule has 4 N–H and O–H groups in total. The van der Waals surface area contributed by atoms with Gasteiger partial charge in [-0.1, -0.05) is 109 Å². The summed E-state index contributed by atoms with van der Waals surface area (Å²) in [5.41, 5.74) is 9.51. The van der Waals surface area contributed by atoms with Gasteiger partial charge < -0.3 is 20.4 Å². The van der Waals surface area contributed by atoms with Gasteiger partial charge in [0.25, 0.3) is 0 Å². The number of hydrogen-bond donors (Lipinski definition) is 4. The lowest BCUT2D eigenvalue weighted by molar-refractivity contribution is 0.0686. The molecule has 0 bridgehead atoms. The van der Waals surface area contributed by atoms with E-state index in [0.29, 0.717) is 22.3 Å². The molecule has 8 aromatic rings. The second-order valence-corrected chi connectivity index (χ2v) is 13.8. The molecule has 8 nitrogen and oxygen atoms in total. The van der Waals surface area contributed by atoms with Crippen LogP contribution in [0.2, 0.25) is 0 Å². The Morgan fingerprint density at radius 1 is 0.276 bits per heavy atom. The highest BCUT2D eigenvalue weighted by Gasteiger charge is 2.20. The van der Waals surface area contributed by atoms with Gasteiger partial charge in [0.1, 0.15) is 0 Å². The second-order valence-electron chi connectivity index (χ2n) is 13.8. The van der Waals surface area contributed by atoms with E-state index < -0.39 is 23.9 Å². The zero-order valence-corrected chi connectivity index (χ0v) is 30.6. The Balaban J connectivity index is 1.22. The SMILES string of the molecule is O=C(O)c1ccc(-c2cccc(-c3ccc(C(=O)O)c(-c4ccc(-c5cc(-c6cccc(-c7ccc(C(=O)O)cc7)c6)ccc5C(=O)O)c5ccccc45)c3)c2)cc1. The molecule has 8 heteroatoms. The monoisotopic (exact) mass is 760 g/mol. The number of carboxylic acids is 4. The number of carboxylic acid groups (broad SMARTS) is 4. The molecule has 0 saturated carbocycles. The van der Waals surface area contributed by atoms with Crippen molar-refractivity contribution in [3.63, 3.8) is 0 Å². The Bertz CT molecular complexity index is 2740. The maximum absolute atomic E-state index is 12.7. The summed E-state index contributed by atoms with van der Waals surface area (Å²) in [7, 11) is 0. The molecule has 0 spiro atoms. The second kappa shape index (κ2) is 15.2. The summed E-state index contributed by atoms with van der Waals surface area (Å²) in [5, 5.41) is 40.9. The Labute approximate surface area is 332 Å². The molecule has 0 aromatic heterocycles. The van der Waals surface area contributed by atoms with Crippen molar-refractivity contribution >= 4 is 34.6 Å². The van der Waals surface area contributed by atoms with Crippen molar-refractivity contribution in [3.8, 4) is 66.8 Å². The minimum Gasteiger partial charge on any atom is -0.478 e. The van der Waals surface area contributed by atoms with E-state index in [9.17, 15) is 39.6 Å². The molecule has 8 aromatic carbocycles. The van der Waals surface area contributed by atoms with Gasteiger partial charge in [-0.25, -0.2) is 19.2 Å².